The molecule has 13 heavy (non-hydrogen) atoms. The second-order valence-corrected chi connectivity index (χ2v) is 3.70. The Labute approximate surface area is 80.2 Å². The normalized spacial score (nSPS) is 21.2. The highest BCUT2D eigenvalue weighted by Crippen LogP contribution is 2.28. The largest absolute Gasteiger partial charge is 0.310 e. The van der Waals surface area contributed by atoms with Crippen molar-refractivity contribution in [2.24, 2.45) is 0 Å². The van der Waals surface area contributed by atoms with Gasteiger partial charge in [-0.25, -0.2) is 0 Å². The first kappa shape index (κ1) is 8.76. The molecule has 1 aliphatic rings. The standard InChI is InChI=1S/C12H17N/c1-2-13-12-9-5-7-10-6-3-4-8-11(10)12/h3-4,6,8,12-13H,2,5,7,9H2,1H3/t12-/m0/s1. The van der Waals surface area contributed by atoms with Gasteiger partial charge in [-0.2, -0.15) is 0 Å². The van der Waals surface area contributed by atoms with Gasteiger partial charge in [0.1, 0.15) is 0 Å². The Morgan fingerprint density at radius 1 is 1.38 bits per heavy atom. The van der Waals surface area contributed by atoms with E-state index in [2.05, 4.69) is 36.5 Å². The van der Waals surface area contributed by atoms with E-state index in [1.54, 1.807) is 5.56 Å². The van der Waals surface area contributed by atoms with Crippen LogP contribution in [0.15, 0.2) is 24.3 Å². The van der Waals surface area contributed by atoms with Crippen molar-refractivity contribution in [3.05, 3.63) is 35.4 Å². The van der Waals surface area contributed by atoms with Crippen LogP contribution in [0.4, 0.5) is 0 Å². The van der Waals surface area contributed by atoms with E-state index in [0.29, 0.717) is 6.04 Å². The quantitative estimate of drug-likeness (QED) is 0.728. The molecule has 0 aromatic heterocycles. The Hall–Kier alpha value is -0.820. The molecule has 1 nitrogen and oxygen atoms in total. The van der Waals surface area contributed by atoms with E-state index < -0.39 is 0 Å². The lowest BCUT2D eigenvalue weighted by atomic mass is 9.88. The van der Waals surface area contributed by atoms with Crippen LogP contribution in [-0.2, 0) is 6.42 Å². The van der Waals surface area contributed by atoms with Gasteiger partial charge >= 0.3 is 0 Å². The van der Waals surface area contributed by atoms with Crippen LogP contribution >= 0.6 is 0 Å². The number of rotatable bonds is 2. The molecule has 0 spiro atoms. The van der Waals surface area contributed by atoms with Gasteiger partial charge in [-0.05, 0) is 36.9 Å². The van der Waals surface area contributed by atoms with Gasteiger partial charge in [0.15, 0.2) is 0 Å². The van der Waals surface area contributed by atoms with Gasteiger partial charge < -0.3 is 5.32 Å². The minimum Gasteiger partial charge on any atom is -0.310 e. The molecule has 1 heteroatoms. The molecule has 0 saturated heterocycles. The minimum atomic E-state index is 0.606. The summed E-state index contributed by atoms with van der Waals surface area (Å²) < 4.78 is 0. The maximum absolute atomic E-state index is 3.54. The predicted molar refractivity (Wildman–Crippen MR) is 55.8 cm³/mol. The first-order valence-electron chi connectivity index (χ1n) is 5.23. The predicted octanol–water partition coefficient (Wildman–Crippen LogP) is 2.67. The molecule has 2 rings (SSSR count). The number of fused-ring (bicyclic) bond motifs is 1. The number of nitrogens with one attached hydrogen (secondary N) is 1. The van der Waals surface area contributed by atoms with Gasteiger partial charge in [-0.3, -0.25) is 0 Å². The molecule has 0 fully saturated rings. The first-order chi connectivity index (χ1) is 6.42. The Morgan fingerprint density at radius 3 is 3.08 bits per heavy atom. The molecule has 1 atom stereocenters. The molecule has 1 aromatic rings. The van der Waals surface area contributed by atoms with Crippen molar-refractivity contribution in [1.82, 2.24) is 5.32 Å². The highest BCUT2D eigenvalue weighted by atomic mass is 14.9. The van der Waals surface area contributed by atoms with Crippen LogP contribution in [0.1, 0.15) is 36.9 Å². The second kappa shape index (κ2) is 3.93. The smallest absolute Gasteiger partial charge is 0.0322 e. The van der Waals surface area contributed by atoms with Gasteiger partial charge in [0.05, 0.1) is 0 Å². The van der Waals surface area contributed by atoms with Gasteiger partial charge in [-0.1, -0.05) is 31.2 Å². The topological polar surface area (TPSA) is 12.0 Å². The second-order valence-electron chi connectivity index (χ2n) is 3.70. The lowest BCUT2D eigenvalue weighted by Gasteiger charge is -2.25. The monoisotopic (exact) mass is 175 g/mol. The van der Waals surface area contributed by atoms with Crippen molar-refractivity contribution in [2.75, 3.05) is 6.54 Å². The zero-order valence-corrected chi connectivity index (χ0v) is 8.22. The van der Waals surface area contributed by atoms with Gasteiger partial charge in [0.2, 0.25) is 0 Å². The van der Waals surface area contributed by atoms with Crippen molar-refractivity contribution in [1.29, 1.82) is 0 Å². The van der Waals surface area contributed by atoms with Crippen LogP contribution in [-0.4, -0.2) is 6.54 Å². The number of hydrogen-bond donors (Lipinski definition) is 1. The highest BCUT2D eigenvalue weighted by Gasteiger charge is 2.17. The summed E-state index contributed by atoms with van der Waals surface area (Å²) >= 11 is 0. The van der Waals surface area contributed by atoms with Crippen molar-refractivity contribution in [3.63, 3.8) is 0 Å². The molecule has 0 aliphatic heterocycles. The third-order valence-electron chi connectivity index (χ3n) is 2.82. The Balaban J connectivity index is 2.26. The molecule has 1 N–H and O–H groups in total. The maximum Gasteiger partial charge on any atom is 0.0322 e. The number of aryl methyl sites for hydroxylation is 1. The average molecular weight is 175 g/mol. The zero-order chi connectivity index (χ0) is 9.10. The van der Waals surface area contributed by atoms with Gasteiger partial charge in [-0.15, -0.1) is 0 Å². The van der Waals surface area contributed by atoms with Crippen molar-refractivity contribution >= 4 is 0 Å². The molecule has 70 valence electrons. The van der Waals surface area contributed by atoms with E-state index in [0.717, 1.165) is 6.54 Å². The molecule has 1 aromatic carbocycles. The summed E-state index contributed by atoms with van der Waals surface area (Å²) in [5.41, 5.74) is 3.07. The zero-order valence-electron chi connectivity index (χ0n) is 8.22. The molecule has 0 amide bonds. The van der Waals surface area contributed by atoms with E-state index in [1.807, 2.05) is 0 Å². The fourth-order valence-corrected chi connectivity index (χ4v) is 2.21. The maximum atomic E-state index is 3.54. The van der Waals surface area contributed by atoms with E-state index >= 15 is 0 Å². The molecule has 0 bridgehead atoms. The van der Waals surface area contributed by atoms with E-state index in [4.69, 9.17) is 0 Å². The summed E-state index contributed by atoms with van der Waals surface area (Å²) in [6.45, 7) is 3.25. The lowest BCUT2D eigenvalue weighted by Crippen LogP contribution is -2.24. The van der Waals surface area contributed by atoms with E-state index in [-0.39, 0.29) is 0 Å². The Morgan fingerprint density at radius 2 is 2.23 bits per heavy atom. The SMILES string of the molecule is CCN[C@H]1CCCc2ccccc21. The van der Waals surface area contributed by atoms with Crippen LogP contribution in [0.3, 0.4) is 0 Å². The van der Waals surface area contributed by atoms with Crippen LogP contribution < -0.4 is 5.32 Å². The molecular weight excluding hydrogens is 158 g/mol. The average Bonchev–Trinajstić information content (AvgIpc) is 2.19. The van der Waals surface area contributed by atoms with Crippen molar-refractivity contribution in [2.45, 2.75) is 32.2 Å². The molecule has 0 heterocycles. The third-order valence-corrected chi connectivity index (χ3v) is 2.82. The van der Waals surface area contributed by atoms with Crippen molar-refractivity contribution in [3.8, 4) is 0 Å². The highest BCUT2D eigenvalue weighted by molar-refractivity contribution is 5.31. The molecular formula is C12H17N. The lowest BCUT2D eigenvalue weighted by molar-refractivity contribution is 0.472. The van der Waals surface area contributed by atoms with E-state index in [1.165, 1.54) is 24.8 Å². The number of hydrogen-bond acceptors (Lipinski definition) is 1. The molecule has 0 saturated carbocycles. The minimum absolute atomic E-state index is 0.606. The third kappa shape index (κ3) is 1.75. The summed E-state index contributed by atoms with van der Waals surface area (Å²) in [5.74, 6) is 0. The summed E-state index contributed by atoms with van der Waals surface area (Å²) in [7, 11) is 0. The molecule has 1 aliphatic carbocycles. The van der Waals surface area contributed by atoms with Crippen LogP contribution in [0, 0.1) is 0 Å². The number of benzene rings is 1. The Kier molecular flexibility index (Phi) is 2.65. The van der Waals surface area contributed by atoms with E-state index in [9.17, 15) is 0 Å². The summed E-state index contributed by atoms with van der Waals surface area (Å²) in [4.78, 5) is 0. The van der Waals surface area contributed by atoms with Crippen LogP contribution in [0.25, 0.3) is 0 Å². The van der Waals surface area contributed by atoms with Gasteiger partial charge in [0.25, 0.3) is 0 Å². The van der Waals surface area contributed by atoms with Gasteiger partial charge in [0, 0.05) is 6.04 Å². The molecule has 0 unspecified atom stereocenters. The molecule has 0 radical (unpaired) electrons. The summed E-state index contributed by atoms with van der Waals surface area (Å²) in [6.07, 6.45) is 3.89. The Bertz CT molecular complexity index is 280. The summed E-state index contributed by atoms with van der Waals surface area (Å²) in [5, 5.41) is 3.54. The fraction of sp³-hybridized carbons (Fsp3) is 0.500. The van der Waals surface area contributed by atoms with Crippen molar-refractivity contribution < 1.29 is 0 Å². The summed E-state index contributed by atoms with van der Waals surface area (Å²) in [6, 6.07) is 9.43. The van der Waals surface area contributed by atoms with Crippen LogP contribution in [0.2, 0.25) is 0 Å². The first-order valence-corrected chi connectivity index (χ1v) is 5.23. The fourth-order valence-electron chi connectivity index (χ4n) is 2.21. The van der Waals surface area contributed by atoms with Crippen LogP contribution in [0.5, 0.6) is 0 Å².